The third kappa shape index (κ3) is 4.08. The number of hydrogen-bond donors (Lipinski definition) is 0. The predicted molar refractivity (Wildman–Crippen MR) is 100 cm³/mol. The number of rotatable bonds is 0. The molecule has 0 aromatic carbocycles. The highest BCUT2D eigenvalue weighted by molar-refractivity contribution is 8.15. The summed E-state index contributed by atoms with van der Waals surface area (Å²) in [6.07, 6.45) is 17.1. The fourth-order valence-corrected chi connectivity index (χ4v) is 4.34. The van der Waals surface area contributed by atoms with E-state index in [0.717, 1.165) is 6.42 Å². The molecule has 2 aliphatic carbocycles. The van der Waals surface area contributed by atoms with Crippen LogP contribution in [0, 0.1) is 5.41 Å². The molecule has 3 aliphatic rings. The number of hydrogen-bond acceptors (Lipinski definition) is 2. The van der Waals surface area contributed by atoms with Gasteiger partial charge in [-0.05, 0) is 19.4 Å². The SMILES string of the molecule is CC.CC1=CC=C2SC3=C(C=CC(C)(C)C=C3)SC2=CC1. The maximum absolute atomic E-state index is 2.36. The first kappa shape index (κ1) is 16.5. The van der Waals surface area contributed by atoms with E-state index in [1.807, 2.05) is 37.4 Å². The van der Waals surface area contributed by atoms with Crippen LogP contribution >= 0.6 is 23.5 Å². The van der Waals surface area contributed by atoms with E-state index in [-0.39, 0.29) is 5.41 Å². The Morgan fingerprint density at radius 3 is 2.10 bits per heavy atom. The molecule has 21 heavy (non-hydrogen) atoms. The summed E-state index contributed by atoms with van der Waals surface area (Å²) in [5.74, 6) is 0. The van der Waals surface area contributed by atoms with Gasteiger partial charge >= 0.3 is 0 Å². The molecule has 0 aromatic rings. The topological polar surface area (TPSA) is 0 Å². The van der Waals surface area contributed by atoms with E-state index in [2.05, 4.69) is 63.3 Å². The second kappa shape index (κ2) is 6.93. The summed E-state index contributed by atoms with van der Waals surface area (Å²) in [5.41, 5.74) is 1.58. The van der Waals surface area contributed by atoms with Crippen molar-refractivity contribution >= 4 is 23.5 Å². The van der Waals surface area contributed by atoms with Crippen molar-refractivity contribution in [1.29, 1.82) is 0 Å². The molecule has 0 bridgehead atoms. The van der Waals surface area contributed by atoms with E-state index in [1.54, 1.807) is 0 Å². The summed E-state index contributed by atoms with van der Waals surface area (Å²) < 4.78 is 0. The Hall–Kier alpha value is -0.860. The predicted octanol–water partition coefficient (Wildman–Crippen LogP) is 6.97. The molecule has 1 aliphatic heterocycles. The number of fused-ring (bicyclic) bond motifs is 1. The van der Waals surface area contributed by atoms with Gasteiger partial charge in [0.05, 0.1) is 0 Å². The van der Waals surface area contributed by atoms with Gasteiger partial charge in [0.25, 0.3) is 0 Å². The smallest absolute Gasteiger partial charge is 0.0259 e. The molecule has 0 nitrogen and oxygen atoms in total. The normalized spacial score (nSPS) is 22.6. The zero-order chi connectivity index (χ0) is 15.5. The van der Waals surface area contributed by atoms with Crippen molar-refractivity contribution in [3.05, 3.63) is 67.7 Å². The molecule has 0 atom stereocenters. The van der Waals surface area contributed by atoms with Crippen LogP contribution in [0.25, 0.3) is 0 Å². The zero-order valence-corrected chi connectivity index (χ0v) is 15.2. The standard InChI is InChI=1S/C17H18S2.C2H6/c1-12-4-6-13-14(7-5-12)19-16-9-11-17(2,3)10-8-15(16)18-13;1-2/h4,6-11H,5H2,1-3H3;1-2H3. The van der Waals surface area contributed by atoms with Crippen molar-refractivity contribution in [3.63, 3.8) is 0 Å². The molecular formula is C19H24S2. The van der Waals surface area contributed by atoms with Gasteiger partial charge in [0.1, 0.15) is 0 Å². The highest BCUT2D eigenvalue weighted by Gasteiger charge is 2.23. The van der Waals surface area contributed by atoms with Crippen LogP contribution in [0.1, 0.15) is 41.0 Å². The Kier molecular flexibility index (Phi) is 5.45. The molecular weight excluding hydrogens is 292 g/mol. The van der Waals surface area contributed by atoms with E-state index >= 15 is 0 Å². The van der Waals surface area contributed by atoms with Crippen molar-refractivity contribution in [2.24, 2.45) is 5.41 Å². The molecule has 0 N–H and O–H groups in total. The van der Waals surface area contributed by atoms with Crippen LogP contribution in [0.3, 0.4) is 0 Å². The van der Waals surface area contributed by atoms with E-state index in [0.29, 0.717) is 0 Å². The Morgan fingerprint density at radius 2 is 1.48 bits per heavy atom. The van der Waals surface area contributed by atoms with Crippen molar-refractivity contribution in [1.82, 2.24) is 0 Å². The molecule has 0 saturated carbocycles. The molecule has 0 spiro atoms. The van der Waals surface area contributed by atoms with E-state index in [1.165, 1.54) is 25.2 Å². The minimum Gasteiger partial charge on any atom is -0.0881 e. The first-order valence-corrected chi connectivity index (χ1v) is 9.23. The summed E-state index contributed by atoms with van der Waals surface area (Å²) in [5, 5.41) is 0. The monoisotopic (exact) mass is 316 g/mol. The van der Waals surface area contributed by atoms with Crippen LogP contribution in [0.4, 0.5) is 0 Å². The average Bonchev–Trinajstić information content (AvgIpc) is 2.75. The highest BCUT2D eigenvalue weighted by Crippen LogP contribution is 2.51. The fourth-order valence-electron chi connectivity index (χ4n) is 2.10. The van der Waals surface area contributed by atoms with Crippen LogP contribution in [-0.2, 0) is 0 Å². The van der Waals surface area contributed by atoms with Crippen molar-refractivity contribution < 1.29 is 0 Å². The van der Waals surface area contributed by atoms with Crippen LogP contribution < -0.4 is 0 Å². The second-order valence-corrected chi connectivity index (χ2v) is 7.90. The largest absolute Gasteiger partial charge is 0.0881 e. The van der Waals surface area contributed by atoms with Gasteiger partial charge in [0, 0.05) is 25.0 Å². The number of thioether (sulfide) groups is 2. The van der Waals surface area contributed by atoms with Gasteiger partial charge in [-0.1, -0.05) is 93.2 Å². The Morgan fingerprint density at radius 1 is 0.905 bits per heavy atom. The third-order valence-corrected chi connectivity index (χ3v) is 5.98. The maximum Gasteiger partial charge on any atom is 0.0259 e. The molecule has 1 heterocycles. The number of allylic oxidation sites excluding steroid dienone is 8. The molecule has 3 rings (SSSR count). The van der Waals surface area contributed by atoms with Gasteiger partial charge in [-0.25, -0.2) is 0 Å². The van der Waals surface area contributed by atoms with Crippen molar-refractivity contribution in [2.75, 3.05) is 0 Å². The van der Waals surface area contributed by atoms with Gasteiger partial charge in [-0.2, -0.15) is 0 Å². The van der Waals surface area contributed by atoms with Crippen molar-refractivity contribution in [3.8, 4) is 0 Å². The summed E-state index contributed by atoms with van der Waals surface area (Å²) >= 11 is 3.81. The van der Waals surface area contributed by atoms with E-state index < -0.39 is 0 Å². The zero-order valence-electron chi connectivity index (χ0n) is 13.6. The van der Waals surface area contributed by atoms with E-state index in [4.69, 9.17) is 0 Å². The van der Waals surface area contributed by atoms with Gasteiger partial charge in [-0.15, -0.1) is 0 Å². The van der Waals surface area contributed by atoms with Gasteiger partial charge in [-0.3, -0.25) is 0 Å². The molecule has 0 amide bonds. The summed E-state index contributed by atoms with van der Waals surface area (Å²) in [4.78, 5) is 5.56. The first-order valence-electron chi connectivity index (χ1n) is 7.60. The lowest BCUT2D eigenvalue weighted by Crippen LogP contribution is -2.00. The Labute approximate surface area is 137 Å². The highest BCUT2D eigenvalue weighted by atomic mass is 32.2. The molecule has 0 unspecified atom stereocenters. The lowest BCUT2D eigenvalue weighted by Gasteiger charge is -2.19. The van der Waals surface area contributed by atoms with Crippen LogP contribution in [-0.4, -0.2) is 0 Å². The molecule has 0 aromatic heterocycles. The second-order valence-electron chi connectivity index (χ2n) is 5.74. The van der Waals surface area contributed by atoms with Crippen LogP contribution in [0.5, 0.6) is 0 Å². The van der Waals surface area contributed by atoms with Crippen LogP contribution in [0.2, 0.25) is 0 Å². The third-order valence-electron chi connectivity index (χ3n) is 3.38. The average molecular weight is 317 g/mol. The van der Waals surface area contributed by atoms with Gasteiger partial charge in [0.15, 0.2) is 0 Å². The lowest BCUT2D eigenvalue weighted by molar-refractivity contribution is 0.627. The first-order chi connectivity index (χ1) is 10.0. The lowest BCUT2D eigenvalue weighted by atomic mass is 9.93. The summed E-state index contributed by atoms with van der Waals surface area (Å²) in [6.45, 7) is 10.7. The summed E-state index contributed by atoms with van der Waals surface area (Å²) in [6, 6.07) is 0. The maximum atomic E-state index is 2.36. The molecule has 0 radical (unpaired) electrons. The minimum atomic E-state index is 0.153. The molecule has 112 valence electrons. The molecule has 2 heteroatoms. The quantitative estimate of drug-likeness (QED) is 0.473. The van der Waals surface area contributed by atoms with Gasteiger partial charge < -0.3 is 0 Å². The van der Waals surface area contributed by atoms with Crippen molar-refractivity contribution in [2.45, 2.75) is 41.0 Å². The Balaban J connectivity index is 0.000000774. The fraction of sp³-hybridized carbons (Fsp3) is 0.368. The molecule has 0 saturated heterocycles. The minimum absolute atomic E-state index is 0.153. The summed E-state index contributed by atoms with van der Waals surface area (Å²) in [7, 11) is 0. The Bertz CT molecular complexity index is 593. The molecule has 0 fully saturated rings. The van der Waals surface area contributed by atoms with Crippen LogP contribution in [0.15, 0.2) is 67.7 Å². The van der Waals surface area contributed by atoms with E-state index in [9.17, 15) is 0 Å². The van der Waals surface area contributed by atoms with Gasteiger partial charge in [0.2, 0.25) is 0 Å².